The lowest BCUT2D eigenvalue weighted by Crippen LogP contribution is -2.69. The van der Waals surface area contributed by atoms with Crippen molar-refractivity contribution in [1.82, 2.24) is 15.1 Å². The van der Waals surface area contributed by atoms with Crippen molar-refractivity contribution in [3.8, 4) is 46.3 Å². The molecular weight excluding hydrogens is 753 g/mol. The number of thioether (sulfide) groups is 1. The van der Waals surface area contributed by atoms with Crippen LogP contribution >= 0.6 is 11.8 Å². The predicted octanol–water partition coefficient (Wildman–Crippen LogP) is 4.59. The molecule has 7 heterocycles. The number of ether oxygens (including phenoxy) is 8. The molecule has 2 fully saturated rings. The Hall–Kier alpha value is -4.88. The van der Waals surface area contributed by atoms with Crippen molar-refractivity contribution in [2.24, 2.45) is 0 Å². The van der Waals surface area contributed by atoms with E-state index in [2.05, 4.69) is 34.3 Å². The van der Waals surface area contributed by atoms with E-state index in [0.717, 1.165) is 33.4 Å². The highest BCUT2D eigenvalue weighted by atomic mass is 32.2. The zero-order valence-electron chi connectivity index (χ0n) is 33.3. The van der Waals surface area contributed by atoms with Gasteiger partial charge in [-0.15, -0.1) is 11.8 Å². The van der Waals surface area contributed by atoms with Gasteiger partial charge in [0.1, 0.15) is 18.4 Å². The number of likely N-dealkylation sites (N-methyl/N-ethyl adjacent to an activating group) is 1. The summed E-state index contributed by atoms with van der Waals surface area (Å²) >= 11 is 1.57. The van der Waals surface area contributed by atoms with E-state index in [-0.39, 0.29) is 31.2 Å². The van der Waals surface area contributed by atoms with Gasteiger partial charge in [0.25, 0.3) is 0 Å². The highest BCUT2D eigenvalue weighted by Crippen LogP contribution is 2.64. The van der Waals surface area contributed by atoms with Crippen LogP contribution in [0.5, 0.6) is 40.2 Å². The first-order valence-corrected chi connectivity index (χ1v) is 20.1. The Balaban J connectivity index is 1.33. The van der Waals surface area contributed by atoms with Crippen molar-refractivity contribution < 1.29 is 47.5 Å². The number of esters is 2. The van der Waals surface area contributed by atoms with E-state index >= 15 is 0 Å². The van der Waals surface area contributed by atoms with Crippen LogP contribution < -0.4 is 38.5 Å². The number of hydrogen-bond donors (Lipinski definition) is 1. The van der Waals surface area contributed by atoms with Crippen molar-refractivity contribution in [3.63, 3.8) is 0 Å². The lowest BCUT2D eigenvalue weighted by atomic mass is 9.71. The van der Waals surface area contributed by atoms with Crippen LogP contribution in [0.4, 0.5) is 0 Å². The van der Waals surface area contributed by atoms with Crippen LogP contribution in [0, 0.1) is 25.2 Å². The fraction of sp³-hybridized carbons (Fsp3) is 0.500. The van der Waals surface area contributed by atoms with Gasteiger partial charge in [0.15, 0.2) is 40.0 Å². The minimum atomic E-state index is -1.28. The number of hydrogen-bond acceptors (Lipinski definition) is 15. The maximum atomic E-state index is 14.9. The van der Waals surface area contributed by atoms with Crippen molar-refractivity contribution in [3.05, 3.63) is 62.7 Å². The number of carbonyl (C=O) groups excluding carboxylic acids is 2. The summed E-state index contributed by atoms with van der Waals surface area (Å²) in [6, 6.07) is 6.35. The first kappa shape index (κ1) is 37.7. The standard InChI is InChI=1S/C42H46N4O10S/c1-19-11-23-12-25-26(15-43)46-27-16-53-41(48)42(24-14-29(50-6)28(49-5)13-22(24)9-10-44-42)17-57-40(34(46)33(45(25)4)30(23)38(52-8)35(19)51-7)32-31(27)39-37(54-18-55-39)20(2)36(32)56-21(3)47/h11,13-14,25-27,33-34,40,44H,9-10,12,16-18H2,1-8H3/t25-,26+,27-,33+,34?,40-,42-/m1/s1. The lowest BCUT2D eigenvalue weighted by Gasteiger charge is -2.62. The third-order valence-corrected chi connectivity index (χ3v) is 14.3. The van der Waals surface area contributed by atoms with E-state index < -0.39 is 40.9 Å². The molecule has 1 unspecified atom stereocenters. The number of methoxy groups -OCH3 is 4. The molecule has 3 aromatic carbocycles. The Bertz CT molecular complexity index is 2260. The molecule has 10 rings (SSSR count). The molecule has 4 bridgehead atoms. The maximum Gasteiger partial charge on any atom is 0.331 e. The minimum absolute atomic E-state index is 0.0334. The molecule has 1 spiro atoms. The molecule has 57 heavy (non-hydrogen) atoms. The number of aryl methyl sites for hydroxylation is 1. The molecule has 0 amide bonds. The van der Waals surface area contributed by atoms with Crippen molar-refractivity contribution >= 4 is 23.7 Å². The minimum Gasteiger partial charge on any atom is -0.493 e. The van der Waals surface area contributed by atoms with Crippen molar-refractivity contribution in [1.29, 1.82) is 5.26 Å². The van der Waals surface area contributed by atoms with Crippen molar-refractivity contribution in [2.75, 3.05) is 61.2 Å². The molecule has 2 saturated heterocycles. The Morgan fingerprint density at radius 2 is 1.68 bits per heavy atom. The SMILES string of the molecule is COc1cc2c(cc1OC)[C@@]1(CS[C@@H]3c4c(OC(C)=O)c(C)c5c(c4[C@@H](COC1=O)N1C3[C@@H]3c4c(cc(C)c(OC)c4OC)C[C@H]([C@@H]1C#N)N3C)OCO5)NCC2. The zero-order valence-corrected chi connectivity index (χ0v) is 34.1. The quantitative estimate of drug-likeness (QED) is 0.283. The highest BCUT2D eigenvalue weighted by molar-refractivity contribution is 7.99. The largest absolute Gasteiger partial charge is 0.493 e. The van der Waals surface area contributed by atoms with Gasteiger partial charge in [-0.1, -0.05) is 6.07 Å². The molecule has 7 atom stereocenters. The molecular formula is C42H46N4O10S. The second kappa shape index (κ2) is 13.9. The van der Waals surface area contributed by atoms with Gasteiger partial charge in [0.2, 0.25) is 6.79 Å². The summed E-state index contributed by atoms with van der Waals surface area (Å²) in [4.78, 5) is 32.5. The first-order valence-electron chi connectivity index (χ1n) is 19.1. The molecule has 0 aromatic heterocycles. The van der Waals surface area contributed by atoms with E-state index in [0.29, 0.717) is 70.8 Å². The van der Waals surface area contributed by atoms with Crippen LogP contribution in [0.15, 0.2) is 18.2 Å². The van der Waals surface area contributed by atoms with Crippen LogP contribution in [0.1, 0.15) is 68.8 Å². The molecule has 0 saturated carbocycles. The van der Waals surface area contributed by atoms with Gasteiger partial charge in [-0.3, -0.25) is 19.9 Å². The van der Waals surface area contributed by atoms with Gasteiger partial charge in [0, 0.05) is 53.6 Å². The summed E-state index contributed by atoms with van der Waals surface area (Å²) in [5, 5.41) is 14.3. The molecule has 0 radical (unpaired) electrons. The molecule has 14 nitrogen and oxygen atoms in total. The maximum absolute atomic E-state index is 14.9. The van der Waals surface area contributed by atoms with Crippen LogP contribution in [0.25, 0.3) is 0 Å². The normalized spacial score (nSPS) is 28.2. The van der Waals surface area contributed by atoms with Crippen LogP contribution in [0.2, 0.25) is 0 Å². The molecule has 7 aliphatic heterocycles. The predicted molar refractivity (Wildman–Crippen MR) is 208 cm³/mol. The second-order valence-electron chi connectivity index (χ2n) is 15.5. The van der Waals surface area contributed by atoms with Gasteiger partial charge in [-0.2, -0.15) is 5.26 Å². The van der Waals surface area contributed by atoms with E-state index in [1.54, 1.807) is 40.2 Å². The number of fused-ring (bicyclic) bond motifs is 9. The van der Waals surface area contributed by atoms with Crippen molar-refractivity contribution in [2.45, 2.75) is 74.6 Å². The van der Waals surface area contributed by atoms with Gasteiger partial charge >= 0.3 is 11.9 Å². The Labute approximate surface area is 335 Å². The average Bonchev–Trinajstić information content (AvgIpc) is 3.70. The number of piperazine rings is 1. The molecule has 7 aliphatic rings. The molecule has 15 heteroatoms. The third kappa shape index (κ3) is 5.26. The summed E-state index contributed by atoms with van der Waals surface area (Å²) in [5.41, 5.74) is 5.51. The fourth-order valence-electron chi connectivity index (χ4n) is 10.5. The second-order valence-corrected chi connectivity index (χ2v) is 16.6. The topological polar surface area (TPSA) is 150 Å². The van der Waals surface area contributed by atoms with Crippen LogP contribution in [0.3, 0.4) is 0 Å². The summed E-state index contributed by atoms with van der Waals surface area (Å²) < 4.78 is 48.7. The van der Waals surface area contributed by atoms with Gasteiger partial charge in [-0.05, 0) is 68.1 Å². The highest BCUT2D eigenvalue weighted by Gasteiger charge is 2.62. The van der Waals surface area contributed by atoms with Gasteiger partial charge < -0.3 is 37.9 Å². The molecule has 300 valence electrons. The summed E-state index contributed by atoms with van der Waals surface area (Å²) in [6.07, 6.45) is 1.25. The molecule has 1 N–H and O–H groups in total. The van der Waals surface area contributed by atoms with Crippen LogP contribution in [-0.4, -0.2) is 101 Å². The van der Waals surface area contributed by atoms with Gasteiger partial charge in [0.05, 0.1) is 51.8 Å². The number of nitrogens with one attached hydrogen (secondary N) is 1. The summed E-state index contributed by atoms with van der Waals surface area (Å²) in [6.45, 7) is 5.63. The monoisotopic (exact) mass is 798 g/mol. The average molecular weight is 799 g/mol. The number of nitriles is 1. The summed E-state index contributed by atoms with van der Waals surface area (Å²) in [5.74, 6) is 3.03. The number of carbonyl (C=O) groups is 2. The molecule has 3 aromatic rings. The van der Waals surface area contributed by atoms with Crippen LogP contribution in [-0.2, 0) is 32.7 Å². The number of rotatable bonds is 5. The fourth-order valence-corrected chi connectivity index (χ4v) is 12.2. The number of nitrogens with zero attached hydrogens (tertiary/aromatic N) is 3. The Kier molecular flexibility index (Phi) is 9.19. The zero-order chi connectivity index (χ0) is 40.1. The third-order valence-electron chi connectivity index (χ3n) is 12.8. The first-order chi connectivity index (χ1) is 27.5. The smallest absolute Gasteiger partial charge is 0.331 e. The van der Waals surface area contributed by atoms with E-state index in [4.69, 9.17) is 37.9 Å². The van der Waals surface area contributed by atoms with Gasteiger partial charge in [-0.25, -0.2) is 4.79 Å². The van der Waals surface area contributed by atoms with E-state index in [1.807, 2.05) is 26.0 Å². The Morgan fingerprint density at radius 1 is 0.947 bits per heavy atom. The Morgan fingerprint density at radius 3 is 2.39 bits per heavy atom. The lowest BCUT2D eigenvalue weighted by molar-refractivity contribution is -0.157. The molecule has 0 aliphatic carbocycles. The van der Waals surface area contributed by atoms with E-state index in [1.165, 1.54) is 6.92 Å². The van der Waals surface area contributed by atoms with E-state index in [9.17, 15) is 14.9 Å². The summed E-state index contributed by atoms with van der Waals surface area (Å²) in [7, 11) is 8.55. The number of benzene rings is 3.